The van der Waals surface area contributed by atoms with Gasteiger partial charge in [0.15, 0.2) is 0 Å². The van der Waals surface area contributed by atoms with E-state index in [0.29, 0.717) is 6.04 Å². The maximum Gasteiger partial charge on any atom is 0.0731 e. The molecule has 1 N–H and O–H groups in total. The fourth-order valence-corrected chi connectivity index (χ4v) is 4.30. The molecule has 3 rings (SSSR count). The molecular formula is C13H16BrN3S. The van der Waals surface area contributed by atoms with E-state index < -0.39 is 0 Å². The van der Waals surface area contributed by atoms with Crippen molar-refractivity contribution in [3.05, 3.63) is 32.7 Å². The summed E-state index contributed by atoms with van der Waals surface area (Å²) in [7, 11) is 0. The van der Waals surface area contributed by atoms with Crippen LogP contribution in [0.1, 0.15) is 36.2 Å². The van der Waals surface area contributed by atoms with Crippen LogP contribution < -0.4 is 5.32 Å². The molecule has 0 bridgehead atoms. The number of aryl methyl sites for hydroxylation is 2. The predicted molar refractivity (Wildman–Crippen MR) is 79.2 cm³/mol. The molecule has 0 aliphatic heterocycles. The molecule has 3 nitrogen and oxygen atoms in total. The zero-order chi connectivity index (χ0) is 12.5. The molecule has 1 aliphatic rings. The molecule has 0 saturated carbocycles. The van der Waals surface area contributed by atoms with Crippen molar-refractivity contribution >= 4 is 33.0 Å². The lowest BCUT2D eigenvalue weighted by Crippen LogP contribution is -2.15. The molecule has 2 aromatic rings. The van der Waals surface area contributed by atoms with Gasteiger partial charge in [0.05, 0.1) is 21.7 Å². The lowest BCUT2D eigenvalue weighted by molar-refractivity contribution is 0.608. The molecule has 0 amide bonds. The summed E-state index contributed by atoms with van der Waals surface area (Å²) in [6, 6.07) is 2.70. The number of anilines is 1. The number of fused-ring (bicyclic) bond motifs is 1. The lowest BCUT2D eigenvalue weighted by Gasteiger charge is -2.23. The van der Waals surface area contributed by atoms with Crippen molar-refractivity contribution in [3.63, 3.8) is 0 Å². The standard InChI is InChI=1S/C13H16BrN3S/c1-2-17-8-9(7-15-17)16-11-4-3-5-12-10(11)6-13(14)18-12/h6-8,11,16H,2-5H2,1H3. The van der Waals surface area contributed by atoms with Crippen molar-refractivity contribution < 1.29 is 0 Å². The van der Waals surface area contributed by atoms with Crippen LogP contribution in [0, 0.1) is 0 Å². The minimum Gasteiger partial charge on any atom is -0.376 e. The molecule has 1 unspecified atom stereocenters. The van der Waals surface area contributed by atoms with Gasteiger partial charge in [-0.05, 0) is 53.7 Å². The van der Waals surface area contributed by atoms with Gasteiger partial charge in [0.1, 0.15) is 0 Å². The van der Waals surface area contributed by atoms with E-state index in [1.165, 1.54) is 33.5 Å². The smallest absolute Gasteiger partial charge is 0.0731 e. The largest absolute Gasteiger partial charge is 0.376 e. The summed E-state index contributed by atoms with van der Waals surface area (Å²) in [6.45, 7) is 3.02. The Balaban J connectivity index is 1.81. The summed E-state index contributed by atoms with van der Waals surface area (Å²) in [5, 5.41) is 7.92. The fraction of sp³-hybridized carbons (Fsp3) is 0.462. The van der Waals surface area contributed by atoms with Gasteiger partial charge < -0.3 is 5.32 Å². The first-order valence-corrected chi connectivity index (χ1v) is 7.94. The van der Waals surface area contributed by atoms with E-state index in [4.69, 9.17) is 0 Å². The monoisotopic (exact) mass is 325 g/mol. The maximum atomic E-state index is 4.31. The molecule has 2 heterocycles. The molecular weight excluding hydrogens is 310 g/mol. The fourth-order valence-electron chi connectivity index (χ4n) is 2.48. The van der Waals surface area contributed by atoms with Gasteiger partial charge in [0, 0.05) is 17.6 Å². The second kappa shape index (κ2) is 5.05. The molecule has 5 heteroatoms. The van der Waals surface area contributed by atoms with Crippen LogP contribution in [0.15, 0.2) is 22.2 Å². The number of hydrogen-bond acceptors (Lipinski definition) is 3. The Morgan fingerprint density at radius 3 is 3.28 bits per heavy atom. The van der Waals surface area contributed by atoms with Gasteiger partial charge in [-0.15, -0.1) is 11.3 Å². The summed E-state index contributed by atoms with van der Waals surface area (Å²) >= 11 is 5.46. The van der Waals surface area contributed by atoms with Crippen LogP contribution in [0.3, 0.4) is 0 Å². The summed E-state index contributed by atoms with van der Waals surface area (Å²) < 4.78 is 3.20. The third kappa shape index (κ3) is 2.34. The van der Waals surface area contributed by atoms with E-state index in [2.05, 4.69) is 45.5 Å². The molecule has 1 atom stereocenters. The van der Waals surface area contributed by atoms with Crippen LogP contribution in [0.5, 0.6) is 0 Å². The highest BCUT2D eigenvalue weighted by Gasteiger charge is 2.22. The van der Waals surface area contributed by atoms with Gasteiger partial charge in [-0.3, -0.25) is 4.68 Å². The topological polar surface area (TPSA) is 29.9 Å². The number of aromatic nitrogens is 2. The average Bonchev–Trinajstić information content (AvgIpc) is 2.95. The first-order chi connectivity index (χ1) is 8.76. The van der Waals surface area contributed by atoms with Crippen molar-refractivity contribution in [2.45, 2.75) is 38.8 Å². The van der Waals surface area contributed by atoms with Crippen LogP contribution >= 0.6 is 27.3 Å². The first kappa shape index (κ1) is 12.2. The van der Waals surface area contributed by atoms with Crippen LogP contribution in [-0.4, -0.2) is 9.78 Å². The average molecular weight is 326 g/mol. The normalized spacial score (nSPS) is 18.7. The van der Waals surface area contributed by atoms with Crippen LogP contribution in [0.4, 0.5) is 5.69 Å². The Labute approximate surface area is 119 Å². The molecule has 0 aromatic carbocycles. The molecule has 0 saturated heterocycles. The summed E-state index contributed by atoms with van der Waals surface area (Å²) in [5.74, 6) is 0. The summed E-state index contributed by atoms with van der Waals surface area (Å²) in [5.41, 5.74) is 2.58. The van der Waals surface area contributed by atoms with Gasteiger partial charge in [-0.25, -0.2) is 0 Å². The molecule has 2 aromatic heterocycles. The van der Waals surface area contributed by atoms with Gasteiger partial charge >= 0.3 is 0 Å². The van der Waals surface area contributed by atoms with E-state index >= 15 is 0 Å². The van der Waals surface area contributed by atoms with Crippen molar-refractivity contribution in [2.75, 3.05) is 5.32 Å². The minimum absolute atomic E-state index is 0.436. The van der Waals surface area contributed by atoms with E-state index in [1.807, 2.05) is 22.2 Å². The Bertz CT molecular complexity index is 546. The highest BCUT2D eigenvalue weighted by Crippen LogP contribution is 2.39. The van der Waals surface area contributed by atoms with Gasteiger partial charge in [-0.1, -0.05) is 0 Å². The maximum absolute atomic E-state index is 4.31. The van der Waals surface area contributed by atoms with Gasteiger partial charge in [0.2, 0.25) is 0 Å². The second-order valence-corrected chi connectivity index (χ2v) is 7.12. The number of nitrogens with one attached hydrogen (secondary N) is 1. The van der Waals surface area contributed by atoms with Gasteiger partial charge in [0.25, 0.3) is 0 Å². The molecule has 0 fully saturated rings. The van der Waals surface area contributed by atoms with E-state index in [-0.39, 0.29) is 0 Å². The Morgan fingerprint density at radius 2 is 2.50 bits per heavy atom. The molecule has 18 heavy (non-hydrogen) atoms. The second-order valence-electron chi connectivity index (χ2n) is 4.60. The van der Waals surface area contributed by atoms with Crippen molar-refractivity contribution in [1.29, 1.82) is 0 Å². The molecule has 1 aliphatic carbocycles. The number of hydrogen-bond donors (Lipinski definition) is 1. The van der Waals surface area contributed by atoms with E-state index in [9.17, 15) is 0 Å². The van der Waals surface area contributed by atoms with E-state index in [0.717, 1.165) is 12.2 Å². The third-order valence-electron chi connectivity index (χ3n) is 3.38. The van der Waals surface area contributed by atoms with Crippen molar-refractivity contribution in [1.82, 2.24) is 9.78 Å². The Morgan fingerprint density at radius 1 is 1.61 bits per heavy atom. The van der Waals surface area contributed by atoms with E-state index in [1.54, 1.807) is 0 Å². The van der Waals surface area contributed by atoms with Crippen molar-refractivity contribution in [2.24, 2.45) is 0 Å². The van der Waals surface area contributed by atoms with Crippen LogP contribution in [0.2, 0.25) is 0 Å². The number of halogens is 1. The molecule has 0 spiro atoms. The lowest BCUT2D eigenvalue weighted by atomic mass is 9.94. The zero-order valence-electron chi connectivity index (χ0n) is 10.3. The number of nitrogens with zero attached hydrogens (tertiary/aromatic N) is 2. The highest BCUT2D eigenvalue weighted by molar-refractivity contribution is 9.11. The SMILES string of the molecule is CCn1cc(NC2CCCc3sc(Br)cc32)cn1. The van der Waals surface area contributed by atoms with Gasteiger partial charge in [-0.2, -0.15) is 5.10 Å². The predicted octanol–water partition coefficient (Wildman–Crippen LogP) is 4.22. The zero-order valence-corrected chi connectivity index (χ0v) is 12.7. The summed E-state index contributed by atoms with van der Waals surface area (Å²) in [6.07, 6.45) is 7.68. The highest BCUT2D eigenvalue weighted by atomic mass is 79.9. The van der Waals surface area contributed by atoms with Crippen LogP contribution in [-0.2, 0) is 13.0 Å². The Hall–Kier alpha value is -0.810. The summed E-state index contributed by atoms with van der Waals surface area (Å²) in [4.78, 5) is 1.52. The molecule has 0 radical (unpaired) electrons. The van der Waals surface area contributed by atoms with Crippen LogP contribution in [0.25, 0.3) is 0 Å². The van der Waals surface area contributed by atoms with Crippen molar-refractivity contribution in [3.8, 4) is 0 Å². The molecule has 96 valence electrons. The third-order valence-corrected chi connectivity index (χ3v) is 5.10. The quantitative estimate of drug-likeness (QED) is 0.915. The first-order valence-electron chi connectivity index (χ1n) is 6.33. The minimum atomic E-state index is 0.436. The Kier molecular flexibility index (Phi) is 3.43. The number of rotatable bonds is 3. The number of thiophene rings is 1.